The van der Waals surface area contributed by atoms with Crippen LogP contribution in [0.4, 0.5) is 0 Å². The number of methoxy groups -OCH3 is 2. The van der Waals surface area contributed by atoms with Gasteiger partial charge in [-0.2, -0.15) is 0 Å². The van der Waals surface area contributed by atoms with Gasteiger partial charge in [0, 0.05) is 24.8 Å². The summed E-state index contributed by atoms with van der Waals surface area (Å²) in [5.41, 5.74) is 2.07. The molecule has 0 spiro atoms. The molecule has 7 nitrogen and oxygen atoms in total. The molecule has 30 heavy (non-hydrogen) atoms. The molecule has 0 unspecified atom stereocenters. The Morgan fingerprint density at radius 3 is 2.63 bits per heavy atom. The van der Waals surface area contributed by atoms with Crippen molar-refractivity contribution in [2.24, 2.45) is 4.99 Å². The van der Waals surface area contributed by atoms with E-state index in [0.29, 0.717) is 30.5 Å². The van der Waals surface area contributed by atoms with Crippen LogP contribution in [0, 0.1) is 0 Å². The molecule has 1 aliphatic carbocycles. The molecule has 1 saturated carbocycles. The summed E-state index contributed by atoms with van der Waals surface area (Å²) in [6.07, 6.45) is 6.75. The van der Waals surface area contributed by atoms with Gasteiger partial charge in [-0.25, -0.2) is 9.98 Å². The van der Waals surface area contributed by atoms with E-state index in [0.717, 1.165) is 36.5 Å². The van der Waals surface area contributed by atoms with E-state index in [-0.39, 0.29) is 6.10 Å². The molecular weight excluding hydrogens is 380 g/mol. The first-order chi connectivity index (χ1) is 14.7. The highest BCUT2D eigenvalue weighted by Gasteiger charge is 2.18. The van der Waals surface area contributed by atoms with Crippen molar-refractivity contribution in [1.29, 1.82) is 0 Å². The van der Waals surface area contributed by atoms with E-state index in [9.17, 15) is 0 Å². The molecule has 7 heteroatoms. The van der Waals surface area contributed by atoms with Gasteiger partial charge in [-0.3, -0.25) is 0 Å². The van der Waals surface area contributed by atoms with Gasteiger partial charge in [0.1, 0.15) is 6.10 Å². The van der Waals surface area contributed by atoms with Crippen LogP contribution in [0.25, 0.3) is 0 Å². The van der Waals surface area contributed by atoms with Gasteiger partial charge in [0.05, 0.1) is 20.8 Å². The predicted molar refractivity (Wildman–Crippen MR) is 118 cm³/mol. The number of aliphatic imine (C=N–C) groups is 1. The van der Waals surface area contributed by atoms with Crippen LogP contribution in [0.2, 0.25) is 0 Å². The van der Waals surface area contributed by atoms with Gasteiger partial charge in [-0.15, -0.1) is 0 Å². The van der Waals surface area contributed by atoms with Crippen LogP contribution < -0.4 is 24.8 Å². The van der Waals surface area contributed by atoms with Crippen LogP contribution in [-0.4, -0.2) is 37.8 Å². The number of hydrogen-bond acceptors (Lipinski definition) is 5. The molecule has 1 aliphatic rings. The van der Waals surface area contributed by atoms with Crippen LogP contribution in [0.5, 0.6) is 17.4 Å². The lowest BCUT2D eigenvalue weighted by molar-refractivity contribution is 0.199. The second kappa shape index (κ2) is 11.3. The lowest BCUT2D eigenvalue weighted by Crippen LogP contribution is -2.37. The summed E-state index contributed by atoms with van der Waals surface area (Å²) in [7, 11) is 3.27. The molecule has 0 aliphatic heterocycles. The summed E-state index contributed by atoms with van der Waals surface area (Å²) in [6.45, 7) is 3.93. The van der Waals surface area contributed by atoms with Gasteiger partial charge in [-0.1, -0.05) is 12.1 Å². The predicted octanol–water partition coefficient (Wildman–Crippen LogP) is 3.68. The van der Waals surface area contributed by atoms with Gasteiger partial charge in [0.25, 0.3) is 0 Å². The molecule has 0 bridgehead atoms. The van der Waals surface area contributed by atoms with Crippen molar-refractivity contribution in [3.8, 4) is 17.4 Å². The third-order valence-corrected chi connectivity index (χ3v) is 5.09. The third-order valence-electron chi connectivity index (χ3n) is 5.09. The van der Waals surface area contributed by atoms with Crippen molar-refractivity contribution in [2.45, 2.75) is 51.8 Å². The first-order valence-electron chi connectivity index (χ1n) is 10.6. The maximum Gasteiger partial charge on any atom is 0.218 e. The largest absolute Gasteiger partial charge is 0.493 e. The second-order valence-corrected chi connectivity index (χ2v) is 7.23. The second-order valence-electron chi connectivity index (χ2n) is 7.23. The minimum atomic E-state index is 0.283. The zero-order valence-corrected chi connectivity index (χ0v) is 18.1. The fourth-order valence-corrected chi connectivity index (χ4v) is 3.50. The van der Waals surface area contributed by atoms with Gasteiger partial charge in [-0.05, 0) is 56.4 Å². The molecule has 1 fully saturated rings. The molecule has 0 radical (unpaired) electrons. The highest BCUT2D eigenvalue weighted by Crippen LogP contribution is 2.28. The topological polar surface area (TPSA) is 77.0 Å². The molecule has 162 valence electrons. The Morgan fingerprint density at radius 1 is 1.10 bits per heavy atom. The van der Waals surface area contributed by atoms with Gasteiger partial charge in [0.15, 0.2) is 17.5 Å². The normalized spacial score (nSPS) is 14.4. The Bertz CT molecular complexity index is 835. The fourth-order valence-electron chi connectivity index (χ4n) is 3.50. The Labute approximate surface area is 178 Å². The lowest BCUT2D eigenvalue weighted by Gasteiger charge is -2.17. The number of nitrogens with zero attached hydrogens (tertiary/aromatic N) is 2. The Morgan fingerprint density at radius 2 is 1.90 bits per heavy atom. The number of ether oxygens (including phenoxy) is 3. The highest BCUT2D eigenvalue weighted by molar-refractivity contribution is 5.79. The van der Waals surface area contributed by atoms with Gasteiger partial charge in [0.2, 0.25) is 5.88 Å². The minimum absolute atomic E-state index is 0.283. The van der Waals surface area contributed by atoms with Crippen molar-refractivity contribution < 1.29 is 14.2 Å². The van der Waals surface area contributed by atoms with Gasteiger partial charge < -0.3 is 24.8 Å². The Balaban J connectivity index is 1.64. The zero-order chi connectivity index (χ0) is 21.2. The number of benzene rings is 1. The van der Waals surface area contributed by atoms with Crippen LogP contribution in [-0.2, 0) is 13.1 Å². The summed E-state index contributed by atoms with van der Waals surface area (Å²) in [5.74, 6) is 2.87. The monoisotopic (exact) mass is 412 g/mol. The molecule has 2 N–H and O–H groups in total. The summed E-state index contributed by atoms with van der Waals surface area (Å²) in [5, 5.41) is 6.68. The maximum absolute atomic E-state index is 6.14. The molecule has 0 saturated heterocycles. The van der Waals surface area contributed by atoms with E-state index in [4.69, 9.17) is 19.2 Å². The molecule has 3 rings (SSSR count). The fraction of sp³-hybridized carbons (Fsp3) is 0.478. The number of guanidine groups is 1. The van der Waals surface area contributed by atoms with E-state index in [2.05, 4.69) is 15.6 Å². The van der Waals surface area contributed by atoms with Crippen LogP contribution in [0.1, 0.15) is 43.7 Å². The Hall–Kier alpha value is -2.96. The number of aromatic nitrogens is 1. The van der Waals surface area contributed by atoms with Crippen LogP contribution >= 0.6 is 0 Å². The summed E-state index contributed by atoms with van der Waals surface area (Å²) < 4.78 is 16.8. The van der Waals surface area contributed by atoms with Crippen molar-refractivity contribution in [1.82, 2.24) is 15.6 Å². The summed E-state index contributed by atoms with van der Waals surface area (Å²) in [6, 6.07) is 9.81. The quantitative estimate of drug-likeness (QED) is 0.483. The molecule has 1 aromatic carbocycles. The average molecular weight is 413 g/mol. The first-order valence-corrected chi connectivity index (χ1v) is 10.6. The van der Waals surface area contributed by atoms with Crippen molar-refractivity contribution in [3.63, 3.8) is 0 Å². The molecule has 1 aromatic heterocycles. The highest BCUT2D eigenvalue weighted by atomic mass is 16.5. The van der Waals surface area contributed by atoms with Crippen LogP contribution in [0.15, 0.2) is 41.5 Å². The van der Waals surface area contributed by atoms with Gasteiger partial charge >= 0.3 is 0 Å². The number of hydrogen-bond donors (Lipinski definition) is 2. The number of rotatable bonds is 9. The average Bonchev–Trinajstić information content (AvgIpc) is 3.29. The number of pyridine rings is 1. The van der Waals surface area contributed by atoms with E-state index in [1.807, 2.05) is 37.3 Å². The first kappa shape index (κ1) is 21.7. The molecule has 2 aromatic rings. The van der Waals surface area contributed by atoms with Crippen molar-refractivity contribution >= 4 is 5.96 Å². The van der Waals surface area contributed by atoms with Crippen molar-refractivity contribution in [3.05, 3.63) is 47.7 Å². The Kier molecular flexibility index (Phi) is 8.18. The minimum Gasteiger partial charge on any atom is -0.493 e. The van der Waals surface area contributed by atoms with E-state index in [1.54, 1.807) is 20.4 Å². The van der Waals surface area contributed by atoms with E-state index < -0.39 is 0 Å². The molecule has 0 atom stereocenters. The third kappa shape index (κ3) is 6.02. The van der Waals surface area contributed by atoms with E-state index >= 15 is 0 Å². The standard InChI is InChI=1S/C23H32N4O3/c1-4-24-23(26-15-17-11-12-20(28-2)21(14-17)29-3)27-16-18-8-7-13-25-22(18)30-19-9-5-6-10-19/h7-8,11-14,19H,4-6,9-10,15-16H2,1-3H3,(H2,24,26,27). The molecular formula is C23H32N4O3. The van der Waals surface area contributed by atoms with E-state index in [1.165, 1.54) is 12.8 Å². The summed E-state index contributed by atoms with van der Waals surface area (Å²) in [4.78, 5) is 9.15. The smallest absolute Gasteiger partial charge is 0.218 e. The molecule has 1 heterocycles. The summed E-state index contributed by atoms with van der Waals surface area (Å²) >= 11 is 0. The maximum atomic E-state index is 6.14. The zero-order valence-electron chi connectivity index (χ0n) is 18.1. The molecule has 0 amide bonds. The lowest BCUT2D eigenvalue weighted by atomic mass is 10.2. The number of nitrogens with one attached hydrogen (secondary N) is 2. The van der Waals surface area contributed by atoms with Crippen LogP contribution in [0.3, 0.4) is 0 Å². The SMILES string of the molecule is CCNC(=NCc1ccc(OC)c(OC)c1)NCc1cccnc1OC1CCCC1. The van der Waals surface area contributed by atoms with Crippen molar-refractivity contribution in [2.75, 3.05) is 20.8 Å².